The van der Waals surface area contributed by atoms with Gasteiger partial charge in [0.05, 0.1) is 11.7 Å². The molecule has 15 heavy (non-hydrogen) atoms. The van der Waals surface area contributed by atoms with Gasteiger partial charge in [-0.05, 0) is 33.3 Å². The first-order valence-electron chi connectivity index (χ1n) is 5.36. The van der Waals surface area contributed by atoms with Gasteiger partial charge in [0, 0.05) is 6.42 Å². The zero-order valence-corrected chi connectivity index (χ0v) is 9.99. The minimum atomic E-state index is -0.245. The lowest BCUT2D eigenvalue weighted by Gasteiger charge is -2.21. The fourth-order valence-electron chi connectivity index (χ4n) is 1.21. The van der Waals surface area contributed by atoms with E-state index < -0.39 is 0 Å². The van der Waals surface area contributed by atoms with Crippen LogP contribution in [0.3, 0.4) is 0 Å². The highest BCUT2D eigenvalue weighted by molar-refractivity contribution is 5.15. The molecule has 0 N–H and O–H groups in total. The molecule has 1 aromatic carbocycles. The zero-order valence-electron chi connectivity index (χ0n) is 9.99. The van der Waals surface area contributed by atoms with Crippen molar-refractivity contribution < 1.29 is 9.78 Å². The van der Waals surface area contributed by atoms with E-state index in [-0.39, 0.29) is 11.7 Å². The van der Waals surface area contributed by atoms with Crippen molar-refractivity contribution in [1.29, 1.82) is 0 Å². The normalized spacial score (nSPS) is 13.9. The smallest absolute Gasteiger partial charge is 0.0952 e. The number of hydrogen-bond acceptors (Lipinski definition) is 2. The molecule has 84 valence electrons. The van der Waals surface area contributed by atoms with Crippen LogP contribution in [0.25, 0.3) is 0 Å². The highest BCUT2D eigenvalue weighted by Crippen LogP contribution is 2.11. The lowest BCUT2D eigenvalue weighted by molar-refractivity contribution is -0.369. The Balaban J connectivity index is 2.34. The van der Waals surface area contributed by atoms with Crippen LogP contribution in [0.4, 0.5) is 0 Å². The van der Waals surface area contributed by atoms with E-state index >= 15 is 0 Å². The summed E-state index contributed by atoms with van der Waals surface area (Å²) >= 11 is 0. The van der Waals surface area contributed by atoms with Gasteiger partial charge in [0.2, 0.25) is 0 Å². The summed E-state index contributed by atoms with van der Waals surface area (Å²) in [5.74, 6) is 0. The van der Waals surface area contributed by atoms with Crippen molar-refractivity contribution in [1.82, 2.24) is 0 Å². The number of rotatable bonds is 4. The maximum absolute atomic E-state index is 5.31. The Morgan fingerprint density at radius 3 is 2.27 bits per heavy atom. The Morgan fingerprint density at radius 1 is 1.13 bits per heavy atom. The molecule has 0 bridgehead atoms. The van der Waals surface area contributed by atoms with E-state index in [9.17, 15) is 0 Å². The Kier molecular flexibility index (Phi) is 4.30. The largest absolute Gasteiger partial charge is 0.233 e. The molecule has 2 nitrogen and oxygen atoms in total. The second-order valence-electron chi connectivity index (χ2n) is 4.79. The van der Waals surface area contributed by atoms with Crippen molar-refractivity contribution in [3.63, 3.8) is 0 Å². The molecule has 1 unspecified atom stereocenters. The van der Waals surface area contributed by atoms with E-state index in [4.69, 9.17) is 9.78 Å². The minimum absolute atomic E-state index is 0.0756. The molecule has 0 heterocycles. The van der Waals surface area contributed by atoms with Crippen molar-refractivity contribution >= 4 is 0 Å². The third-order valence-corrected chi connectivity index (χ3v) is 1.83. The molecule has 0 spiro atoms. The summed E-state index contributed by atoms with van der Waals surface area (Å²) in [5.41, 5.74) is 1.02. The molecule has 0 fully saturated rings. The number of benzene rings is 1. The second kappa shape index (κ2) is 5.29. The minimum Gasteiger partial charge on any atom is -0.233 e. The van der Waals surface area contributed by atoms with Gasteiger partial charge < -0.3 is 0 Å². The summed E-state index contributed by atoms with van der Waals surface area (Å²) in [7, 11) is 0. The van der Waals surface area contributed by atoms with E-state index in [1.165, 1.54) is 5.56 Å². The SMILES string of the molecule is CC(Cc1ccccc1)OOC(C)(C)C. The number of hydrogen-bond donors (Lipinski definition) is 0. The molecule has 0 saturated carbocycles. The first-order valence-corrected chi connectivity index (χ1v) is 5.36. The Hall–Kier alpha value is -0.860. The van der Waals surface area contributed by atoms with Gasteiger partial charge in [-0.1, -0.05) is 30.3 Å². The Labute approximate surface area is 92.1 Å². The molecule has 0 radical (unpaired) electrons. The van der Waals surface area contributed by atoms with E-state index in [1.807, 2.05) is 45.9 Å². The predicted molar refractivity (Wildman–Crippen MR) is 61.5 cm³/mol. The maximum atomic E-state index is 5.31. The van der Waals surface area contributed by atoms with E-state index in [0.717, 1.165) is 6.42 Å². The van der Waals surface area contributed by atoms with Crippen molar-refractivity contribution in [2.24, 2.45) is 0 Å². The fourth-order valence-corrected chi connectivity index (χ4v) is 1.21. The van der Waals surface area contributed by atoms with Crippen LogP contribution in [0.15, 0.2) is 30.3 Å². The van der Waals surface area contributed by atoms with Crippen molar-refractivity contribution in [3.8, 4) is 0 Å². The highest BCUT2D eigenvalue weighted by atomic mass is 17.2. The van der Waals surface area contributed by atoms with E-state index in [2.05, 4.69) is 12.1 Å². The van der Waals surface area contributed by atoms with Crippen LogP contribution in [-0.2, 0) is 16.2 Å². The van der Waals surface area contributed by atoms with Gasteiger partial charge in [0.1, 0.15) is 0 Å². The van der Waals surface area contributed by atoms with Gasteiger partial charge in [-0.3, -0.25) is 0 Å². The van der Waals surface area contributed by atoms with Crippen LogP contribution in [0.2, 0.25) is 0 Å². The molecule has 0 amide bonds. The molecule has 0 aliphatic carbocycles. The summed E-state index contributed by atoms with van der Waals surface area (Å²) in [4.78, 5) is 10.6. The lowest BCUT2D eigenvalue weighted by atomic mass is 10.1. The Bertz CT molecular complexity index is 274. The first kappa shape index (κ1) is 12.2. The molecule has 1 aromatic rings. The first-order chi connectivity index (χ1) is 6.97. The molecule has 0 aliphatic heterocycles. The van der Waals surface area contributed by atoms with Crippen LogP contribution in [-0.4, -0.2) is 11.7 Å². The van der Waals surface area contributed by atoms with Gasteiger partial charge in [0.15, 0.2) is 0 Å². The van der Waals surface area contributed by atoms with Gasteiger partial charge in [-0.15, -0.1) is 0 Å². The van der Waals surface area contributed by atoms with Crippen LogP contribution in [0.5, 0.6) is 0 Å². The summed E-state index contributed by atoms with van der Waals surface area (Å²) in [5, 5.41) is 0. The molecular formula is C13H20O2. The summed E-state index contributed by atoms with van der Waals surface area (Å²) in [6.07, 6.45) is 0.948. The van der Waals surface area contributed by atoms with E-state index in [0.29, 0.717) is 0 Å². The molecule has 1 rings (SSSR count). The monoisotopic (exact) mass is 208 g/mol. The standard InChI is InChI=1S/C13H20O2/c1-11(14-15-13(2,3)4)10-12-8-6-5-7-9-12/h5-9,11H,10H2,1-4H3. The predicted octanol–water partition coefficient (Wildman–Crippen LogP) is 3.36. The van der Waals surface area contributed by atoms with E-state index in [1.54, 1.807) is 0 Å². The maximum Gasteiger partial charge on any atom is 0.0952 e. The molecule has 2 heteroatoms. The zero-order chi connectivity index (χ0) is 11.3. The third kappa shape index (κ3) is 5.55. The van der Waals surface area contributed by atoms with Crippen molar-refractivity contribution in [2.45, 2.75) is 45.8 Å². The summed E-state index contributed by atoms with van der Waals surface area (Å²) in [6.45, 7) is 7.94. The van der Waals surface area contributed by atoms with Crippen molar-refractivity contribution in [3.05, 3.63) is 35.9 Å². The quantitative estimate of drug-likeness (QED) is 0.558. The van der Waals surface area contributed by atoms with Crippen LogP contribution < -0.4 is 0 Å². The second-order valence-corrected chi connectivity index (χ2v) is 4.79. The van der Waals surface area contributed by atoms with Gasteiger partial charge in [-0.25, -0.2) is 9.78 Å². The average molecular weight is 208 g/mol. The summed E-state index contributed by atoms with van der Waals surface area (Å²) < 4.78 is 0. The topological polar surface area (TPSA) is 18.5 Å². The summed E-state index contributed by atoms with van der Waals surface area (Å²) in [6, 6.07) is 10.3. The Morgan fingerprint density at radius 2 is 1.73 bits per heavy atom. The fraction of sp³-hybridized carbons (Fsp3) is 0.538. The van der Waals surface area contributed by atoms with Gasteiger partial charge in [0.25, 0.3) is 0 Å². The van der Waals surface area contributed by atoms with Gasteiger partial charge in [-0.2, -0.15) is 0 Å². The molecular weight excluding hydrogens is 188 g/mol. The van der Waals surface area contributed by atoms with Crippen LogP contribution >= 0.6 is 0 Å². The lowest BCUT2D eigenvalue weighted by Crippen LogP contribution is -2.23. The average Bonchev–Trinajstić information content (AvgIpc) is 2.15. The highest BCUT2D eigenvalue weighted by Gasteiger charge is 2.14. The van der Waals surface area contributed by atoms with Crippen LogP contribution in [0, 0.1) is 0 Å². The van der Waals surface area contributed by atoms with Crippen molar-refractivity contribution in [2.75, 3.05) is 0 Å². The van der Waals surface area contributed by atoms with Crippen LogP contribution in [0.1, 0.15) is 33.3 Å². The third-order valence-electron chi connectivity index (χ3n) is 1.83. The van der Waals surface area contributed by atoms with Gasteiger partial charge >= 0.3 is 0 Å². The molecule has 0 aromatic heterocycles. The molecule has 1 atom stereocenters. The molecule has 0 saturated heterocycles. The molecule has 0 aliphatic rings.